The zero-order chi connectivity index (χ0) is 13.3. The highest BCUT2D eigenvalue weighted by Gasteiger charge is 2.18. The van der Waals surface area contributed by atoms with E-state index in [1.807, 2.05) is 40.1 Å². The molecule has 0 radical (unpaired) electrons. The molecule has 0 aliphatic rings. The lowest BCUT2D eigenvalue weighted by Crippen LogP contribution is -2.19. The largest absolute Gasteiger partial charge is 0.275 e. The van der Waals surface area contributed by atoms with E-state index in [0.717, 1.165) is 10.9 Å². The number of pyridine rings is 1. The summed E-state index contributed by atoms with van der Waals surface area (Å²) < 4.78 is 17.2. The molecule has 18 heavy (non-hydrogen) atoms. The smallest absolute Gasteiger partial charge is 0.144 e. The minimum Gasteiger partial charge on any atom is -0.275 e. The van der Waals surface area contributed by atoms with Crippen LogP contribution in [0.5, 0.6) is 0 Å². The molecule has 0 fully saturated rings. The average Bonchev–Trinajstić information content (AvgIpc) is 2.63. The van der Waals surface area contributed by atoms with E-state index in [1.165, 1.54) is 6.21 Å². The van der Waals surface area contributed by atoms with Crippen molar-refractivity contribution in [3.8, 4) is 0 Å². The Bertz CT molecular complexity index is 625. The van der Waals surface area contributed by atoms with Gasteiger partial charge in [-0.25, -0.2) is 4.21 Å². The molecule has 0 bridgehead atoms. The molecule has 0 aliphatic heterocycles. The molecule has 0 saturated heterocycles. The second-order valence-electron chi connectivity index (χ2n) is 5.07. The molecule has 6 heteroatoms. The van der Waals surface area contributed by atoms with Gasteiger partial charge >= 0.3 is 0 Å². The van der Waals surface area contributed by atoms with E-state index in [1.54, 1.807) is 10.9 Å². The summed E-state index contributed by atoms with van der Waals surface area (Å²) in [5.74, 6) is 0. The van der Waals surface area contributed by atoms with Gasteiger partial charge in [0.1, 0.15) is 11.0 Å². The lowest BCUT2D eigenvalue weighted by Gasteiger charge is -2.12. The highest BCUT2D eigenvalue weighted by atomic mass is 32.2. The van der Waals surface area contributed by atoms with E-state index in [4.69, 9.17) is 0 Å². The molecule has 0 aromatic carbocycles. The van der Waals surface area contributed by atoms with Crippen LogP contribution >= 0.6 is 0 Å². The van der Waals surface area contributed by atoms with Gasteiger partial charge in [0, 0.05) is 24.8 Å². The molecule has 2 aromatic heterocycles. The van der Waals surface area contributed by atoms with Crippen LogP contribution in [0.2, 0.25) is 0 Å². The summed E-state index contributed by atoms with van der Waals surface area (Å²) in [6, 6.07) is 1.83. The lowest BCUT2D eigenvalue weighted by atomic mass is 10.3. The van der Waals surface area contributed by atoms with E-state index >= 15 is 0 Å². The monoisotopic (exact) mass is 264 g/mol. The second-order valence-corrected chi connectivity index (χ2v) is 7.00. The first-order chi connectivity index (χ1) is 8.36. The SMILES string of the molecule is Cn1cc2cnc(C=N[S@](=O)C(C)(C)C)cc2n1. The molecule has 0 aliphatic carbocycles. The van der Waals surface area contributed by atoms with E-state index in [0.29, 0.717) is 5.69 Å². The Labute approximate surface area is 109 Å². The third-order valence-electron chi connectivity index (χ3n) is 2.33. The molecular weight excluding hydrogens is 248 g/mol. The fourth-order valence-electron chi connectivity index (χ4n) is 1.39. The van der Waals surface area contributed by atoms with Gasteiger partial charge < -0.3 is 0 Å². The van der Waals surface area contributed by atoms with Crippen LogP contribution in [0.15, 0.2) is 22.9 Å². The summed E-state index contributed by atoms with van der Waals surface area (Å²) in [4.78, 5) is 4.24. The summed E-state index contributed by atoms with van der Waals surface area (Å²) in [6.07, 6.45) is 5.18. The average molecular weight is 264 g/mol. The van der Waals surface area contributed by atoms with Crippen LogP contribution in [0, 0.1) is 0 Å². The Morgan fingerprint density at radius 1 is 1.44 bits per heavy atom. The van der Waals surface area contributed by atoms with Crippen LogP contribution in [0.4, 0.5) is 0 Å². The van der Waals surface area contributed by atoms with Gasteiger partial charge in [0.05, 0.1) is 22.2 Å². The second kappa shape index (κ2) is 4.61. The Morgan fingerprint density at radius 2 is 2.17 bits per heavy atom. The van der Waals surface area contributed by atoms with Crippen LogP contribution in [0.25, 0.3) is 10.9 Å². The van der Waals surface area contributed by atoms with Crippen molar-refractivity contribution in [1.82, 2.24) is 14.8 Å². The zero-order valence-corrected chi connectivity index (χ0v) is 11.7. The summed E-state index contributed by atoms with van der Waals surface area (Å²) in [6.45, 7) is 5.65. The lowest BCUT2D eigenvalue weighted by molar-refractivity contribution is 0.651. The van der Waals surface area contributed by atoms with Crippen LogP contribution in [0.3, 0.4) is 0 Å². The molecule has 0 spiro atoms. The highest BCUT2D eigenvalue weighted by molar-refractivity contribution is 7.85. The van der Waals surface area contributed by atoms with Crippen LogP contribution < -0.4 is 0 Å². The van der Waals surface area contributed by atoms with E-state index < -0.39 is 11.0 Å². The Balaban J connectivity index is 2.27. The quantitative estimate of drug-likeness (QED) is 0.778. The Hall–Kier alpha value is -1.56. The maximum atomic E-state index is 11.8. The molecule has 0 N–H and O–H groups in total. The van der Waals surface area contributed by atoms with Crippen molar-refractivity contribution < 1.29 is 4.21 Å². The molecule has 0 unspecified atom stereocenters. The summed E-state index contributed by atoms with van der Waals surface area (Å²) >= 11 is 0. The number of hydrogen-bond acceptors (Lipinski definition) is 3. The standard InChI is InChI=1S/C12H16N4OS/c1-12(2,3)18(17)14-7-10-5-11-9(6-13-10)8-16(4)15-11/h5-8H,1-4H3/t18-/m1/s1. The number of nitrogens with zero attached hydrogens (tertiary/aromatic N) is 4. The number of aryl methyl sites for hydroxylation is 1. The first-order valence-corrected chi connectivity index (χ1v) is 6.72. The third kappa shape index (κ3) is 2.81. The number of hydrogen-bond donors (Lipinski definition) is 0. The van der Waals surface area contributed by atoms with E-state index in [-0.39, 0.29) is 4.75 Å². The molecular formula is C12H16N4OS. The maximum Gasteiger partial charge on any atom is 0.144 e. The zero-order valence-electron chi connectivity index (χ0n) is 10.9. The molecule has 5 nitrogen and oxygen atoms in total. The molecule has 1 atom stereocenters. The molecule has 2 rings (SSSR count). The van der Waals surface area contributed by atoms with Gasteiger partial charge in [0.2, 0.25) is 0 Å². The fraction of sp³-hybridized carbons (Fsp3) is 0.417. The Kier molecular flexibility index (Phi) is 3.30. The minimum absolute atomic E-state index is 0.356. The van der Waals surface area contributed by atoms with E-state index in [9.17, 15) is 4.21 Å². The van der Waals surface area contributed by atoms with E-state index in [2.05, 4.69) is 14.5 Å². The summed E-state index contributed by atoms with van der Waals surface area (Å²) in [7, 11) is 0.601. The van der Waals surface area contributed by atoms with Crippen LogP contribution in [0.1, 0.15) is 26.5 Å². The van der Waals surface area contributed by atoms with Gasteiger partial charge in [-0.05, 0) is 26.8 Å². The number of rotatable bonds is 2. The molecule has 96 valence electrons. The number of aromatic nitrogens is 3. The van der Waals surface area contributed by atoms with Crippen molar-refractivity contribution >= 4 is 28.1 Å². The highest BCUT2D eigenvalue weighted by Crippen LogP contribution is 2.13. The molecule has 2 aromatic rings. The first kappa shape index (κ1) is 12.9. The van der Waals surface area contributed by atoms with Gasteiger partial charge in [-0.15, -0.1) is 0 Å². The summed E-state index contributed by atoms with van der Waals surface area (Å²) in [5.41, 5.74) is 1.52. The molecule has 0 amide bonds. The predicted molar refractivity (Wildman–Crippen MR) is 74.0 cm³/mol. The first-order valence-electron chi connectivity index (χ1n) is 5.62. The van der Waals surface area contributed by atoms with Crippen LogP contribution in [-0.2, 0) is 18.0 Å². The number of fused-ring (bicyclic) bond motifs is 1. The van der Waals surface area contributed by atoms with Crippen molar-refractivity contribution in [2.45, 2.75) is 25.5 Å². The Morgan fingerprint density at radius 3 is 2.83 bits per heavy atom. The van der Waals surface area contributed by atoms with Gasteiger partial charge in [-0.3, -0.25) is 9.67 Å². The summed E-state index contributed by atoms with van der Waals surface area (Å²) in [5, 5.41) is 5.27. The fourth-order valence-corrected chi connectivity index (χ4v) is 1.91. The van der Waals surface area contributed by atoms with Crippen molar-refractivity contribution in [2.24, 2.45) is 11.4 Å². The maximum absolute atomic E-state index is 11.8. The molecule has 0 saturated carbocycles. The molecule has 2 heterocycles. The van der Waals surface area contributed by atoms with Crippen molar-refractivity contribution in [3.05, 3.63) is 24.2 Å². The van der Waals surface area contributed by atoms with Gasteiger partial charge in [-0.1, -0.05) is 0 Å². The van der Waals surface area contributed by atoms with Gasteiger partial charge in [0.15, 0.2) is 0 Å². The van der Waals surface area contributed by atoms with Gasteiger partial charge in [0.25, 0.3) is 0 Å². The topological polar surface area (TPSA) is 60.1 Å². The van der Waals surface area contributed by atoms with Crippen molar-refractivity contribution in [2.75, 3.05) is 0 Å². The van der Waals surface area contributed by atoms with Gasteiger partial charge in [-0.2, -0.15) is 9.50 Å². The van der Waals surface area contributed by atoms with Crippen molar-refractivity contribution in [1.29, 1.82) is 0 Å². The van der Waals surface area contributed by atoms with Crippen LogP contribution in [-0.4, -0.2) is 29.9 Å². The predicted octanol–water partition coefficient (Wildman–Crippen LogP) is 1.85. The minimum atomic E-state index is -1.26. The third-order valence-corrected chi connectivity index (χ3v) is 3.67. The normalized spacial score (nSPS) is 14.4. The van der Waals surface area contributed by atoms with Crippen molar-refractivity contribution in [3.63, 3.8) is 0 Å².